The Labute approximate surface area is 95.4 Å². The van der Waals surface area contributed by atoms with E-state index >= 15 is 0 Å². The molecule has 4 rings (SSSR count). The van der Waals surface area contributed by atoms with Crippen molar-refractivity contribution >= 4 is 0 Å². The summed E-state index contributed by atoms with van der Waals surface area (Å²) in [4.78, 5) is 23.3. The Hall–Kier alpha value is -1.98. The molecule has 2 aliphatic rings. The van der Waals surface area contributed by atoms with Crippen molar-refractivity contribution in [2.24, 2.45) is 0 Å². The molecule has 0 spiro atoms. The van der Waals surface area contributed by atoms with Crippen LogP contribution in [0.2, 0.25) is 0 Å². The molecule has 0 saturated heterocycles. The molecular formula is C11H12N4O2. The number of hydrogen-bond donors (Lipinski definition) is 4. The zero-order chi connectivity index (χ0) is 11.6. The summed E-state index contributed by atoms with van der Waals surface area (Å²) in [6, 6.07) is 0. The molecule has 2 bridgehead atoms. The van der Waals surface area contributed by atoms with Gasteiger partial charge in [0.15, 0.2) is 0 Å². The molecular weight excluding hydrogens is 220 g/mol. The van der Waals surface area contributed by atoms with Gasteiger partial charge >= 0.3 is 0 Å². The van der Waals surface area contributed by atoms with E-state index in [1.54, 1.807) is 0 Å². The summed E-state index contributed by atoms with van der Waals surface area (Å²) in [6.45, 7) is 0. The van der Waals surface area contributed by atoms with E-state index in [-0.39, 0.29) is 23.0 Å². The molecule has 4 N–H and O–H groups in total. The van der Waals surface area contributed by atoms with Crippen LogP contribution in [0, 0.1) is 0 Å². The van der Waals surface area contributed by atoms with Gasteiger partial charge in [0.2, 0.25) is 0 Å². The van der Waals surface area contributed by atoms with Crippen molar-refractivity contribution in [1.29, 1.82) is 0 Å². The number of rotatable bonds is 0. The van der Waals surface area contributed by atoms with Gasteiger partial charge in [0.1, 0.15) is 0 Å². The Morgan fingerprint density at radius 3 is 1.71 bits per heavy atom. The number of nitrogens with one attached hydrogen (secondary N) is 4. The topological polar surface area (TPSA) is 97.3 Å². The highest BCUT2D eigenvalue weighted by Gasteiger charge is 2.38. The number of aromatic nitrogens is 4. The van der Waals surface area contributed by atoms with Gasteiger partial charge < -0.3 is 10.2 Å². The zero-order valence-corrected chi connectivity index (χ0v) is 9.09. The average Bonchev–Trinajstić information content (AvgIpc) is 2.86. The lowest BCUT2D eigenvalue weighted by Gasteiger charge is -2.32. The molecule has 0 aliphatic heterocycles. The van der Waals surface area contributed by atoms with E-state index in [9.17, 15) is 9.59 Å². The van der Waals surface area contributed by atoms with Crippen molar-refractivity contribution in [3.63, 3.8) is 0 Å². The van der Waals surface area contributed by atoms with Crippen molar-refractivity contribution in [2.45, 2.75) is 31.1 Å². The SMILES string of the molecule is O=c1[nH][nH]c2c1C[C@H]1C[C@@H]2Cc2c1[nH][nH]c2=O. The van der Waals surface area contributed by atoms with Gasteiger partial charge in [-0.3, -0.25) is 19.8 Å². The number of H-pyrrole nitrogens is 4. The van der Waals surface area contributed by atoms with E-state index in [0.29, 0.717) is 12.8 Å². The van der Waals surface area contributed by atoms with Crippen LogP contribution in [0.4, 0.5) is 0 Å². The fraction of sp³-hybridized carbons (Fsp3) is 0.455. The van der Waals surface area contributed by atoms with E-state index in [1.807, 2.05) is 0 Å². The molecule has 0 radical (unpaired) electrons. The quantitative estimate of drug-likeness (QED) is 0.517. The second-order valence-electron chi connectivity index (χ2n) is 4.98. The Morgan fingerprint density at radius 2 is 1.24 bits per heavy atom. The summed E-state index contributed by atoms with van der Waals surface area (Å²) >= 11 is 0. The van der Waals surface area contributed by atoms with Crippen molar-refractivity contribution < 1.29 is 0 Å². The third-order valence-corrected chi connectivity index (χ3v) is 4.11. The highest BCUT2D eigenvalue weighted by atomic mass is 16.1. The largest absolute Gasteiger partial charge is 0.302 e. The molecule has 2 aromatic rings. The average molecular weight is 232 g/mol. The van der Waals surface area contributed by atoms with E-state index in [4.69, 9.17) is 0 Å². The second-order valence-corrected chi connectivity index (χ2v) is 4.98. The van der Waals surface area contributed by atoms with Crippen molar-refractivity contribution in [3.05, 3.63) is 43.2 Å². The third-order valence-electron chi connectivity index (χ3n) is 4.11. The summed E-state index contributed by atoms with van der Waals surface area (Å²) in [5, 5.41) is 11.2. The summed E-state index contributed by atoms with van der Waals surface area (Å²) in [6.07, 6.45) is 2.43. The fourth-order valence-electron chi connectivity index (χ4n) is 3.34. The molecule has 0 saturated carbocycles. The van der Waals surface area contributed by atoms with Crippen LogP contribution in [0.5, 0.6) is 0 Å². The zero-order valence-electron chi connectivity index (χ0n) is 9.09. The summed E-state index contributed by atoms with van der Waals surface area (Å²) in [5.41, 5.74) is 3.68. The molecule has 2 aliphatic carbocycles. The first-order chi connectivity index (χ1) is 8.24. The van der Waals surface area contributed by atoms with Crippen molar-refractivity contribution in [2.75, 3.05) is 0 Å². The Kier molecular flexibility index (Phi) is 1.51. The maximum absolute atomic E-state index is 11.6. The predicted molar refractivity (Wildman–Crippen MR) is 60.3 cm³/mol. The van der Waals surface area contributed by atoms with E-state index in [2.05, 4.69) is 20.4 Å². The van der Waals surface area contributed by atoms with Crippen LogP contribution in [0.1, 0.15) is 40.8 Å². The molecule has 6 nitrogen and oxygen atoms in total. The van der Waals surface area contributed by atoms with Gasteiger partial charge in [0, 0.05) is 34.4 Å². The number of hydrogen-bond acceptors (Lipinski definition) is 2. The molecule has 17 heavy (non-hydrogen) atoms. The molecule has 88 valence electrons. The molecule has 2 atom stereocenters. The monoisotopic (exact) mass is 232 g/mol. The molecule has 2 heterocycles. The minimum absolute atomic E-state index is 0.0176. The normalized spacial score (nSPS) is 25.4. The molecule has 2 aromatic heterocycles. The van der Waals surface area contributed by atoms with Gasteiger partial charge in [0.05, 0.1) is 0 Å². The molecule has 0 aromatic carbocycles. The van der Waals surface area contributed by atoms with E-state index < -0.39 is 0 Å². The highest BCUT2D eigenvalue weighted by molar-refractivity contribution is 5.37. The summed E-state index contributed by atoms with van der Waals surface area (Å²) in [5.74, 6) is 0.541. The minimum atomic E-state index is -0.0176. The molecule has 0 unspecified atom stereocenters. The van der Waals surface area contributed by atoms with Gasteiger partial charge in [-0.2, -0.15) is 0 Å². The van der Waals surface area contributed by atoms with E-state index in [0.717, 1.165) is 28.9 Å². The maximum Gasteiger partial charge on any atom is 0.267 e. The maximum atomic E-state index is 11.6. The predicted octanol–water partition coefficient (Wildman–Crippen LogP) is 0.0891. The van der Waals surface area contributed by atoms with Crippen LogP contribution in [0.15, 0.2) is 9.59 Å². The smallest absolute Gasteiger partial charge is 0.267 e. The fourth-order valence-corrected chi connectivity index (χ4v) is 3.34. The Morgan fingerprint density at radius 1 is 0.765 bits per heavy atom. The van der Waals surface area contributed by atoms with E-state index in [1.165, 1.54) is 0 Å². The first-order valence-corrected chi connectivity index (χ1v) is 5.83. The van der Waals surface area contributed by atoms with Gasteiger partial charge in [0.25, 0.3) is 11.1 Å². The second kappa shape index (κ2) is 2.82. The first kappa shape index (κ1) is 9.09. The van der Waals surface area contributed by atoms with Gasteiger partial charge in [-0.15, -0.1) is 0 Å². The van der Waals surface area contributed by atoms with Crippen LogP contribution in [0.25, 0.3) is 0 Å². The standard InChI is InChI=1S/C11H12N4O2/c16-10-6-2-4-1-5(9(6)13-14-10)3-7-8(4)12-15-11(7)17/h4-5H,1-3H2,(H2,12,15,17)(H2,13,14,16)/t4-,5-/m1/s1. The van der Waals surface area contributed by atoms with Gasteiger partial charge in [-0.25, -0.2) is 0 Å². The minimum Gasteiger partial charge on any atom is -0.302 e. The van der Waals surface area contributed by atoms with Crippen molar-refractivity contribution in [3.8, 4) is 0 Å². The third kappa shape index (κ3) is 1.05. The number of fused-ring (bicyclic) bond motifs is 6. The number of aromatic amines is 4. The van der Waals surface area contributed by atoms with Gasteiger partial charge in [-0.05, 0) is 19.3 Å². The van der Waals surface area contributed by atoms with Crippen LogP contribution < -0.4 is 11.1 Å². The molecule has 6 heteroatoms. The summed E-state index contributed by atoms with van der Waals surface area (Å²) < 4.78 is 0. The summed E-state index contributed by atoms with van der Waals surface area (Å²) in [7, 11) is 0. The molecule has 0 amide bonds. The lowest BCUT2D eigenvalue weighted by atomic mass is 9.71. The molecule has 0 fully saturated rings. The van der Waals surface area contributed by atoms with Crippen LogP contribution in [-0.2, 0) is 12.8 Å². The van der Waals surface area contributed by atoms with Crippen LogP contribution in [0.3, 0.4) is 0 Å². The lowest BCUT2D eigenvalue weighted by molar-refractivity contribution is 0.443. The Bertz CT molecular complexity index is 641. The first-order valence-electron chi connectivity index (χ1n) is 5.83. The lowest BCUT2D eigenvalue weighted by Crippen LogP contribution is -2.28. The van der Waals surface area contributed by atoms with Gasteiger partial charge in [-0.1, -0.05) is 0 Å². The highest BCUT2D eigenvalue weighted by Crippen LogP contribution is 2.43. The van der Waals surface area contributed by atoms with Crippen molar-refractivity contribution in [1.82, 2.24) is 20.4 Å². The van der Waals surface area contributed by atoms with Crippen LogP contribution >= 0.6 is 0 Å². The Balaban J connectivity index is 1.93. The van der Waals surface area contributed by atoms with Crippen LogP contribution in [-0.4, -0.2) is 20.4 Å².